The van der Waals surface area contributed by atoms with Gasteiger partial charge in [-0.25, -0.2) is 19.6 Å². The van der Waals surface area contributed by atoms with Crippen molar-refractivity contribution >= 4 is 53.2 Å². The van der Waals surface area contributed by atoms with Gasteiger partial charge in [0.15, 0.2) is 6.17 Å². The summed E-state index contributed by atoms with van der Waals surface area (Å²) in [6.45, 7) is 0. The van der Waals surface area contributed by atoms with Crippen LogP contribution >= 0.6 is 0 Å². The van der Waals surface area contributed by atoms with Crippen molar-refractivity contribution in [3.05, 3.63) is 48.6 Å². The summed E-state index contributed by atoms with van der Waals surface area (Å²) in [5, 5.41) is 0. The smallest absolute Gasteiger partial charge is 0.269 e. The van der Waals surface area contributed by atoms with Gasteiger partial charge in [0.05, 0.1) is 0 Å². The minimum Gasteiger partial charge on any atom is -0.366 e. The third kappa shape index (κ3) is 2.70. The fourth-order valence-electron chi connectivity index (χ4n) is 3.93. The lowest BCUT2D eigenvalue weighted by Crippen LogP contribution is -2.82. The first kappa shape index (κ1) is 21.2. The molecule has 9 amide bonds. The van der Waals surface area contributed by atoms with Gasteiger partial charge in [0.2, 0.25) is 0 Å². The fraction of sp³-hybridized carbons (Fsp3) is 0.105. The normalized spacial score (nSPS) is 20.4. The van der Waals surface area contributed by atoms with E-state index >= 15 is 0 Å². The lowest BCUT2D eigenvalue weighted by atomic mass is 9.96. The molecule has 0 aromatic carbocycles. The molecule has 166 valence electrons. The van der Waals surface area contributed by atoms with Crippen LogP contribution in [0.3, 0.4) is 0 Å². The van der Waals surface area contributed by atoms with Crippen LogP contribution in [0, 0.1) is 0 Å². The number of imide groups is 4. The monoisotopic (exact) mass is 453 g/mol. The molecule has 0 saturated heterocycles. The van der Waals surface area contributed by atoms with Crippen molar-refractivity contribution in [1.29, 1.82) is 0 Å². The van der Waals surface area contributed by atoms with Crippen molar-refractivity contribution < 1.29 is 43.2 Å². The van der Waals surface area contributed by atoms with Crippen molar-refractivity contribution in [2.24, 2.45) is 5.73 Å². The van der Waals surface area contributed by atoms with E-state index in [9.17, 15) is 43.2 Å². The summed E-state index contributed by atoms with van der Waals surface area (Å²) in [7, 11) is 0. The molecular weight excluding hydrogens is 442 g/mol. The zero-order valence-corrected chi connectivity index (χ0v) is 16.2. The van der Waals surface area contributed by atoms with Gasteiger partial charge in [-0.15, -0.1) is 0 Å². The van der Waals surface area contributed by atoms with Gasteiger partial charge in [-0.2, -0.15) is 0 Å². The minimum absolute atomic E-state index is 0.0561. The second-order valence-corrected chi connectivity index (χ2v) is 6.91. The summed E-state index contributed by atoms with van der Waals surface area (Å²) in [6, 6.07) is 0. The summed E-state index contributed by atoms with van der Waals surface area (Å²) < 4.78 is 0. The quantitative estimate of drug-likeness (QED) is 0.393. The van der Waals surface area contributed by atoms with Crippen LogP contribution in [0.25, 0.3) is 0 Å². The maximum absolute atomic E-state index is 13.1. The van der Waals surface area contributed by atoms with Crippen LogP contribution in [0.5, 0.6) is 0 Å². The first-order valence-electron chi connectivity index (χ1n) is 9.06. The summed E-state index contributed by atoms with van der Waals surface area (Å²) in [5.74, 6) is -11.5. The van der Waals surface area contributed by atoms with Crippen LogP contribution in [0.15, 0.2) is 48.6 Å². The largest absolute Gasteiger partial charge is 0.366 e. The molecule has 0 atom stereocenters. The third-order valence-electron chi connectivity index (χ3n) is 5.20. The van der Waals surface area contributed by atoms with Crippen molar-refractivity contribution in [3.63, 3.8) is 0 Å². The Morgan fingerprint density at radius 3 is 1.03 bits per heavy atom. The van der Waals surface area contributed by atoms with E-state index in [4.69, 9.17) is 5.73 Å². The molecule has 0 saturated carbocycles. The van der Waals surface area contributed by atoms with E-state index < -0.39 is 65.0 Å². The molecule has 4 heterocycles. The highest BCUT2D eigenvalue weighted by Gasteiger charge is 2.68. The van der Waals surface area contributed by atoms with Gasteiger partial charge in [0.1, 0.15) is 0 Å². The summed E-state index contributed by atoms with van der Waals surface area (Å²) in [6.07, 6.45) is 3.06. The van der Waals surface area contributed by atoms with E-state index in [1.165, 1.54) is 0 Å². The first-order valence-corrected chi connectivity index (χ1v) is 9.06. The molecule has 4 aliphatic heterocycles. The lowest BCUT2D eigenvalue weighted by molar-refractivity contribution is -0.193. The van der Waals surface area contributed by atoms with Crippen LogP contribution in [0.2, 0.25) is 0 Å². The van der Waals surface area contributed by atoms with Gasteiger partial charge in [0, 0.05) is 48.6 Å². The Labute approximate surface area is 182 Å². The number of nitrogens with two attached hydrogens (primary N) is 1. The number of nitrogens with zero attached hydrogens (tertiary/aromatic N) is 4. The highest BCUT2D eigenvalue weighted by Crippen LogP contribution is 2.37. The van der Waals surface area contributed by atoms with Crippen molar-refractivity contribution in [3.8, 4) is 0 Å². The number of hydrogen-bond donors (Lipinski definition) is 1. The van der Waals surface area contributed by atoms with Crippen molar-refractivity contribution in [1.82, 2.24) is 19.6 Å². The highest BCUT2D eigenvalue weighted by atomic mass is 16.2. The van der Waals surface area contributed by atoms with Gasteiger partial charge in [0.25, 0.3) is 58.8 Å². The number of amides is 9. The molecule has 2 N–H and O–H groups in total. The highest BCUT2D eigenvalue weighted by molar-refractivity contribution is 6.23. The fourth-order valence-corrected chi connectivity index (χ4v) is 3.93. The zero-order valence-electron chi connectivity index (χ0n) is 16.2. The van der Waals surface area contributed by atoms with Crippen molar-refractivity contribution in [2.75, 3.05) is 0 Å². The Bertz CT molecular complexity index is 1080. The van der Waals surface area contributed by atoms with Gasteiger partial charge >= 0.3 is 0 Å². The number of carbonyl (C=O) groups is 9. The van der Waals surface area contributed by atoms with E-state index in [0.29, 0.717) is 24.3 Å². The molecule has 4 rings (SSSR count). The number of rotatable bonds is 6. The molecule has 0 aliphatic carbocycles. The van der Waals surface area contributed by atoms with Crippen LogP contribution in [-0.2, 0) is 43.2 Å². The molecule has 14 nitrogen and oxygen atoms in total. The van der Waals surface area contributed by atoms with E-state index in [1.807, 2.05) is 0 Å². The minimum atomic E-state index is -3.32. The molecule has 4 aliphatic rings. The lowest BCUT2D eigenvalue weighted by Gasteiger charge is -2.51. The van der Waals surface area contributed by atoms with Gasteiger partial charge in [-0.05, 0) is 0 Å². The summed E-state index contributed by atoms with van der Waals surface area (Å²) in [4.78, 5) is 115. The molecule has 0 aromatic rings. The second-order valence-electron chi connectivity index (χ2n) is 6.91. The summed E-state index contributed by atoms with van der Waals surface area (Å²) >= 11 is 0. The number of carbonyl (C=O) groups excluding carboxylic acids is 9. The van der Waals surface area contributed by atoms with Crippen LogP contribution in [-0.4, -0.2) is 84.6 Å². The maximum atomic E-state index is 13.1. The molecule has 0 unspecified atom stereocenters. The second kappa shape index (κ2) is 7.01. The Morgan fingerprint density at radius 2 is 0.788 bits per heavy atom. The van der Waals surface area contributed by atoms with E-state index in [0.717, 1.165) is 24.3 Å². The molecule has 0 spiro atoms. The Morgan fingerprint density at radius 1 is 0.545 bits per heavy atom. The average molecular weight is 453 g/mol. The third-order valence-corrected chi connectivity index (χ3v) is 5.20. The Hall–Kier alpha value is -5.01. The summed E-state index contributed by atoms with van der Waals surface area (Å²) in [5.41, 5.74) is 2.26. The molecule has 14 heteroatoms. The molecule has 0 radical (unpaired) electrons. The van der Waals surface area contributed by atoms with E-state index in [2.05, 4.69) is 0 Å². The van der Waals surface area contributed by atoms with Crippen LogP contribution in [0.4, 0.5) is 0 Å². The predicted molar refractivity (Wildman–Crippen MR) is 99.7 cm³/mol. The first-order chi connectivity index (χ1) is 15.5. The van der Waals surface area contributed by atoms with Gasteiger partial charge < -0.3 is 5.73 Å². The maximum Gasteiger partial charge on any atom is 0.269 e. The number of primary amides is 1. The molecule has 0 bridgehead atoms. The molecule has 33 heavy (non-hydrogen) atoms. The van der Waals surface area contributed by atoms with Crippen LogP contribution < -0.4 is 5.73 Å². The average Bonchev–Trinajstić information content (AvgIpc) is 3.46. The SMILES string of the molecule is NC(=O)C(C(N1C(=O)C=CC1=O)N1C(=O)C=CC1=O)(N1C(=O)C=CC1=O)N1C(=O)C=CC1=O. The molecular formula is C19H11N5O9. The van der Waals surface area contributed by atoms with Crippen LogP contribution in [0.1, 0.15) is 0 Å². The molecule has 0 fully saturated rings. The Balaban J connectivity index is 2.09. The molecule has 0 aromatic heterocycles. The predicted octanol–water partition coefficient (Wildman–Crippen LogP) is -3.81. The Kier molecular flexibility index (Phi) is 4.51. The van der Waals surface area contributed by atoms with E-state index in [-0.39, 0.29) is 19.6 Å². The topological polar surface area (TPSA) is 193 Å². The zero-order chi connectivity index (χ0) is 24.2. The van der Waals surface area contributed by atoms with Gasteiger partial charge in [-0.3, -0.25) is 43.2 Å². The van der Waals surface area contributed by atoms with Gasteiger partial charge in [-0.1, -0.05) is 0 Å². The standard InChI is InChI=1S/C19H11N5O9/c20-17(33)19(23-13(29)5-6-14(23)30,24-15(31)7-8-16(24)32)18(21-9(25)1-2-10(21)26)22-11(27)3-4-12(22)28/h1-8,18H,(H2,20,33). The van der Waals surface area contributed by atoms with E-state index in [1.54, 1.807) is 0 Å². The van der Waals surface area contributed by atoms with Crippen molar-refractivity contribution in [2.45, 2.75) is 11.8 Å². The number of hydrogen-bond acceptors (Lipinski definition) is 9.